The Morgan fingerprint density at radius 2 is 2.00 bits per heavy atom. The highest BCUT2D eigenvalue weighted by Crippen LogP contribution is 2.20. The predicted octanol–water partition coefficient (Wildman–Crippen LogP) is 3.81. The molecule has 0 bridgehead atoms. The second-order valence-corrected chi connectivity index (χ2v) is 8.17. The Morgan fingerprint density at radius 1 is 1.16 bits per heavy atom. The Balaban J connectivity index is 0.00000289. The molecule has 1 aliphatic rings. The van der Waals surface area contributed by atoms with Crippen LogP contribution in [0.5, 0.6) is 0 Å². The number of fused-ring (bicyclic) bond motifs is 1. The molecule has 3 heterocycles. The third kappa shape index (κ3) is 6.34. The van der Waals surface area contributed by atoms with Crippen molar-refractivity contribution < 1.29 is 0 Å². The molecule has 1 unspecified atom stereocenters. The average molecular weight is 547 g/mol. The van der Waals surface area contributed by atoms with Gasteiger partial charge in [0.2, 0.25) is 0 Å². The Kier molecular flexibility index (Phi) is 9.13. The summed E-state index contributed by atoms with van der Waals surface area (Å²) in [5, 5.41) is 15.6. The Hall–Kier alpha value is -2.36. The summed E-state index contributed by atoms with van der Waals surface area (Å²) in [5.74, 6) is 1.90. The van der Waals surface area contributed by atoms with E-state index in [-0.39, 0.29) is 24.0 Å². The fraction of sp³-hybridized carbons (Fsp3) is 0.458. The molecule has 172 valence electrons. The number of guanidine groups is 1. The van der Waals surface area contributed by atoms with Crippen molar-refractivity contribution in [2.75, 3.05) is 31.1 Å². The van der Waals surface area contributed by atoms with E-state index in [9.17, 15) is 0 Å². The monoisotopic (exact) mass is 547 g/mol. The van der Waals surface area contributed by atoms with Gasteiger partial charge in [-0.1, -0.05) is 23.8 Å². The maximum Gasteiger partial charge on any atom is 0.191 e. The van der Waals surface area contributed by atoms with E-state index < -0.39 is 0 Å². The molecule has 2 aromatic heterocycles. The molecule has 0 aliphatic carbocycles. The first-order valence-corrected chi connectivity index (χ1v) is 11.4. The van der Waals surface area contributed by atoms with Gasteiger partial charge in [-0.05, 0) is 57.4 Å². The molecule has 0 amide bonds. The molecule has 1 fully saturated rings. The lowest BCUT2D eigenvalue weighted by Crippen LogP contribution is -2.51. The molecule has 3 aromatic rings. The molecular weight excluding hydrogens is 513 g/mol. The number of nitrogens with zero attached hydrogens (tertiary/aromatic N) is 5. The van der Waals surface area contributed by atoms with E-state index in [1.807, 2.05) is 24.4 Å². The van der Waals surface area contributed by atoms with Crippen LogP contribution in [0, 0.1) is 6.92 Å². The van der Waals surface area contributed by atoms with Crippen molar-refractivity contribution in [3.8, 4) is 0 Å². The second kappa shape index (κ2) is 12.0. The minimum absolute atomic E-state index is 0. The minimum Gasteiger partial charge on any atom is -0.369 e. The number of aryl methyl sites for hydroxylation is 2. The Labute approximate surface area is 207 Å². The van der Waals surface area contributed by atoms with Gasteiger partial charge in [0.15, 0.2) is 11.6 Å². The average Bonchev–Trinajstić information content (AvgIpc) is 3.21. The van der Waals surface area contributed by atoms with Crippen LogP contribution < -0.4 is 15.5 Å². The molecule has 8 heteroatoms. The quantitative estimate of drug-likeness (QED) is 0.204. The molecule has 0 radical (unpaired) electrons. The van der Waals surface area contributed by atoms with Gasteiger partial charge in [0.1, 0.15) is 5.82 Å². The van der Waals surface area contributed by atoms with E-state index in [0.29, 0.717) is 6.04 Å². The number of rotatable bonds is 7. The second-order valence-electron chi connectivity index (χ2n) is 8.17. The number of hydrogen-bond acceptors (Lipinski definition) is 4. The lowest BCUT2D eigenvalue weighted by molar-refractivity contribution is 0.468. The van der Waals surface area contributed by atoms with E-state index in [4.69, 9.17) is 4.99 Å². The van der Waals surface area contributed by atoms with Gasteiger partial charge >= 0.3 is 0 Å². The summed E-state index contributed by atoms with van der Waals surface area (Å²) in [6.07, 6.45) is 6.16. The van der Waals surface area contributed by atoms with Crippen LogP contribution in [-0.2, 0) is 6.42 Å². The van der Waals surface area contributed by atoms with E-state index in [0.717, 1.165) is 56.5 Å². The zero-order chi connectivity index (χ0) is 21.5. The zero-order valence-corrected chi connectivity index (χ0v) is 21.3. The van der Waals surface area contributed by atoms with Crippen LogP contribution in [0.2, 0.25) is 0 Å². The summed E-state index contributed by atoms with van der Waals surface area (Å²) in [7, 11) is 0. The minimum atomic E-state index is 0. The Bertz CT molecular complexity index is 999. The van der Waals surface area contributed by atoms with Crippen molar-refractivity contribution in [1.82, 2.24) is 25.2 Å². The summed E-state index contributed by atoms with van der Waals surface area (Å²) >= 11 is 0. The number of hydrogen-bond donors (Lipinski definition) is 2. The number of pyridine rings is 1. The maximum atomic E-state index is 4.81. The molecule has 4 rings (SSSR count). The normalized spacial score (nSPS) is 16.6. The molecule has 2 N–H and O–H groups in total. The van der Waals surface area contributed by atoms with Crippen LogP contribution >= 0.6 is 24.0 Å². The summed E-state index contributed by atoms with van der Waals surface area (Å²) in [6.45, 7) is 7.97. The van der Waals surface area contributed by atoms with Gasteiger partial charge in [-0.15, -0.1) is 34.2 Å². The number of aromatic nitrogens is 3. The number of anilines is 1. The van der Waals surface area contributed by atoms with E-state index in [1.165, 1.54) is 24.1 Å². The zero-order valence-electron chi connectivity index (χ0n) is 19.0. The van der Waals surface area contributed by atoms with Crippen LogP contribution in [0.1, 0.15) is 37.6 Å². The summed E-state index contributed by atoms with van der Waals surface area (Å²) < 4.78 is 2.05. The lowest BCUT2D eigenvalue weighted by Gasteiger charge is -2.35. The number of piperidine rings is 1. The molecule has 1 saturated heterocycles. The van der Waals surface area contributed by atoms with Gasteiger partial charge in [-0.3, -0.25) is 9.39 Å². The summed E-state index contributed by atoms with van der Waals surface area (Å²) in [4.78, 5) is 7.29. The number of halogens is 1. The predicted molar refractivity (Wildman–Crippen MR) is 142 cm³/mol. The van der Waals surface area contributed by atoms with Crippen molar-refractivity contribution in [2.45, 2.75) is 45.6 Å². The first-order chi connectivity index (χ1) is 15.2. The molecule has 0 saturated carbocycles. The first-order valence-electron chi connectivity index (χ1n) is 11.4. The van der Waals surface area contributed by atoms with E-state index >= 15 is 0 Å². The van der Waals surface area contributed by atoms with Crippen LogP contribution in [0.3, 0.4) is 0 Å². The topological polar surface area (TPSA) is 69.8 Å². The summed E-state index contributed by atoms with van der Waals surface area (Å²) in [6, 6.07) is 15.2. The SMILES string of the molecule is CCNC(=NCCCc1nnc2ccccn12)NC1CCCN(c2ccc(C)cc2)C1.I. The molecule has 1 aliphatic heterocycles. The van der Waals surface area contributed by atoms with Gasteiger partial charge < -0.3 is 15.5 Å². The number of nitrogens with one attached hydrogen (secondary N) is 2. The molecule has 32 heavy (non-hydrogen) atoms. The third-order valence-corrected chi connectivity index (χ3v) is 5.72. The standard InChI is InChI=1S/C24H33N7.HI/c1-3-25-24(26-15-6-10-23-29-28-22-9-4-5-17-31(22)23)27-20-8-7-16-30(18-20)21-13-11-19(2)12-14-21;/h4-5,9,11-14,17,20H,3,6-8,10,15-16,18H2,1-2H3,(H2,25,26,27);1H. The van der Waals surface area contributed by atoms with Crippen LogP contribution in [0.25, 0.3) is 5.65 Å². The summed E-state index contributed by atoms with van der Waals surface area (Å²) in [5.41, 5.74) is 3.50. The smallest absolute Gasteiger partial charge is 0.191 e. The number of benzene rings is 1. The number of aliphatic imine (C=N–C) groups is 1. The van der Waals surface area contributed by atoms with Crippen LogP contribution in [0.4, 0.5) is 5.69 Å². The van der Waals surface area contributed by atoms with Gasteiger partial charge in [0, 0.05) is 50.5 Å². The Morgan fingerprint density at radius 3 is 2.81 bits per heavy atom. The van der Waals surface area contributed by atoms with Gasteiger partial charge in [-0.2, -0.15) is 0 Å². The van der Waals surface area contributed by atoms with Gasteiger partial charge in [-0.25, -0.2) is 0 Å². The van der Waals surface area contributed by atoms with Crippen molar-refractivity contribution in [3.05, 3.63) is 60.0 Å². The van der Waals surface area contributed by atoms with Crippen molar-refractivity contribution in [3.63, 3.8) is 0 Å². The van der Waals surface area contributed by atoms with Crippen LogP contribution in [-0.4, -0.2) is 52.8 Å². The van der Waals surface area contributed by atoms with Gasteiger partial charge in [0.05, 0.1) is 0 Å². The fourth-order valence-corrected chi connectivity index (χ4v) is 4.09. The highest BCUT2D eigenvalue weighted by Gasteiger charge is 2.21. The molecule has 0 spiro atoms. The van der Waals surface area contributed by atoms with Crippen molar-refractivity contribution in [2.24, 2.45) is 4.99 Å². The highest BCUT2D eigenvalue weighted by atomic mass is 127. The maximum absolute atomic E-state index is 4.81. The third-order valence-electron chi connectivity index (χ3n) is 5.72. The van der Waals surface area contributed by atoms with E-state index in [1.54, 1.807) is 0 Å². The van der Waals surface area contributed by atoms with E-state index in [2.05, 4.69) is 68.2 Å². The molecule has 1 atom stereocenters. The van der Waals surface area contributed by atoms with Crippen molar-refractivity contribution in [1.29, 1.82) is 0 Å². The van der Waals surface area contributed by atoms with Crippen LogP contribution in [0.15, 0.2) is 53.7 Å². The highest BCUT2D eigenvalue weighted by molar-refractivity contribution is 14.0. The molecule has 1 aromatic carbocycles. The van der Waals surface area contributed by atoms with Gasteiger partial charge in [0.25, 0.3) is 0 Å². The van der Waals surface area contributed by atoms with Crippen molar-refractivity contribution >= 4 is 41.3 Å². The first kappa shape index (κ1) is 24.3. The largest absolute Gasteiger partial charge is 0.369 e. The molecule has 7 nitrogen and oxygen atoms in total. The molecular formula is C24H34IN7. The fourth-order valence-electron chi connectivity index (χ4n) is 4.09. The lowest BCUT2D eigenvalue weighted by atomic mass is 10.0.